The topological polar surface area (TPSA) is 53.6 Å². The van der Waals surface area contributed by atoms with Gasteiger partial charge in [0.1, 0.15) is 0 Å². The normalized spacial score (nSPS) is 20.9. The molecule has 1 fully saturated rings. The fourth-order valence-electron chi connectivity index (χ4n) is 1.61. The van der Waals surface area contributed by atoms with Gasteiger partial charge in [0.2, 0.25) is 0 Å². The average Bonchev–Trinajstić information content (AvgIpc) is 2.26. The maximum absolute atomic E-state index is 11.6. The van der Waals surface area contributed by atoms with E-state index in [1.54, 1.807) is 4.90 Å². The van der Waals surface area contributed by atoms with Crippen molar-refractivity contribution >= 4 is 6.03 Å². The van der Waals surface area contributed by atoms with Crippen LogP contribution in [0.15, 0.2) is 0 Å². The molecule has 0 bridgehead atoms. The summed E-state index contributed by atoms with van der Waals surface area (Å²) >= 11 is 0. The van der Waals surface area contributed by atoms with E-state index in [4.69, 9.17) is 4.74 Å². The molecule has 0 aromatic carbocycles. The largest absolute Gasteiger partial charge is 0.379 e. The molecular weight excluding hydrogens is 206 g/mol. The molecule has 0 aromatic rings. The van der Waals surface area contributed by atoms with Gasteiger partial charge in [-0.15, -0.1) is 0 Å². The Morgan fingerprint density at radius 3 is 2.94 bits per heavy atom. The van der Waals surface area contributed by atoms with Crippen LogP contribution < -0.4 is 10.6 Å². The van der Waals surface area contributed by atoms with Crippen molar-refractivity contribution in [1.82, 2.24) is 15.5 Å². The minimum atomic E-state index is -0.00766. The Hall–Kier alpha value is -0.810. The van der Waals surface area contributed by atoms with Crippen molar-refractivity contribution < 1.29 is 9.53 Å². The third kappa shape index (κ3) is 4.81. The predicted molar refractivity (Wildman–Crippen MR) is 63.5 cm³/mol. The van der Waals surface area contributed by atoms with Crippen LogP contribution in [0.1, 0.15) is 20.3 Å². The van der Waals surface area contributed by atoms with Gasteiger partial charge in [0.15, 0.2) is 0 Å². The molecule has 16 heavy (non-hydrogen) atoms. The molecule has 0 saturated carbocycles. The van der Waals surface area contributed by atoms with Gasteiger partial charge in [0.05, 0.1) is 13.2 Å². The van der Waals surface area contributed by atoms with Gasteiger partial charge in [-0.25, -0.2) is 4.79 Å². The van der Waals surface area contributed by atoms with Gasteiger partial charge in [0, 0.05) is 32.2 Å². The Morgan fingerprint density at radius 2 is 2.38 bits per heavy atom. The van der Waals surface area contributed by atoms with Gasteiger partial charge < -0.3 is 20.3 Å². The Balaban J connectivity index is 2.17. The zero-order valence-electron chi connectivity index (χ0n) is 10.5. The highest BCUT2D eigenvalue weighted by Crippen LogP contribution is 2.00. The lowest BCUT2D eigenvalue weighted by molar-refractivity contribution is 0.0718. The van der Waals surface area contributed by atoms with Crippen molar-refractivity contribution in [2.24, 2.45) is 0 Å². The Morgan fingerprint density at radius 1 is 1.62 bits per heavy atom. The number of hydrogen-bond acceptors (Lipinski definition) is 3. The second-order valence-corrected chi connectivity index (χ2v) is 4.54. The Kier molecular flexibility index (Phi) is 5.55. The molecule has 5 nitrogen and oxygen atoms in total. The number of carbonyl (C=O) groups is 1. The van der Waals surface area contributed by atoms with Gasteiger partial charge in [-0.1, -0.05) is 0 Å². The number of rotatable bonds is 4. The molecule has 0 spiro atoms. The van der Waals surface area contributed by atoms with Crippen molar-refractivity contribution in [2.75, 3.05) is 33.4 Å². The van der Waals surface area contributed by atoms with E-state index in [-0.39, 0.29) is 12.1 Å². The summed E-state index contributed by atoms with van der Waals surface area (Å²) in [6.07, 6.45) is 0.933. The van der Waals surface area contributed by atoms with Gasteiger partial charge in [-0.3, -0.25) is 0 Å². The number of carbonyl (C=O) groups excluding carboxylic acids is 1. The molecule has 2 amide bonds. The predicted octanol–water partition coefficient (Wildman–Crippen LogP) is 0.415. The first-order valence-corrected chi connectivity index (χ1v) is 5.92. The van der Waals surface area contributed by atoms with Gasteiger partial charge in [-0.2, -0.15) is 0 Å². The number of nitrogens with zero attached hydrogens (tertiary/aromatic N) is 1. The van der Waals surface area contributed by atoms with E-state index in [1.807, 2.05) is 20.9 Å². The van der Waals surface area contributed by atoms with Gasteiger partial charge in [-0.05, 0) is 20.3 Å². The first-order valence-electron chi connectivity index (χ1n) is 5.92. The van der Waals surface area contributed by atoms with Gasteiger partial charge in [0.25, 0.3) is 0 Å². The second kappa shape index (κ2) is 6.70. The Labute approximate surface area is 97.5 Å². The second-order valence-electron chi connectivity index (χ2n) is 4.54. The molecule has 1 aliphatic rings. The molecule has 0 aliphatic carbocycles. The summed E-state index contributed by atoms with van der Waals surface area (Å²) in [5.41, 5.74) is 0. The first kappa shape index (κ1) is 13.3. The molecule has 5 heteroatoms. The minimum Gasteiger partial charge on any atom is -0.379 e. The number of ether oxygens (including phenoxy) is 1. The van der Waals surface area contributed by atoms with E-state index in [0.29, 0.717) is 6.04 Å². The number of amides is 2. The van der Waals surface area contributed by atoms with E-state index >= 15 is 0 Å². The molecule has 2 N–H and O–H groups in total. The van der Waals surface area contributed by atoms with Crippen LogP contribution in [0.25, 0.3) is 0 Å². The number of urea groups is 1. The van der Waals surface area contributed by atoms with Crippen molar-refractivity contribution in [3.05, 3.63) is 0 Å². The number of hydrogen-bond donors (Lipinski definition) is 2. The fraction of sp³-hybridized carbons (Fsp3) is 0.909. The molecule has 0 aromatic heterocycles. The summed E-state index contributed by atoms with van der Waals surface area (Å²) in [4.78, 5) is 13.3. The summed E-state index contributed by atoms with van der Waals surface area (Å²) < 4.78 is 5.36. The van der Waals surface area contributed by atoms with Crippen molar-refractivity contribution in [1.29, 1.82) is 0 Å². The standard InChI is InChI=1S/C11H23N3O2/c1-9(2)13-11(15)14(3)6-4-10-8-16-7-5-12-10/h9-10,12H,4-8H2,1-3H3,(H,13,15). The van der Waals surface area contributed by atoms with E-state index in [9.17, 15) is 4.79 Å². The fourth-order valence-corrected chi connectivity index (χ4v) is 1.61. The zero-order valence-corrected chi connectivity index (χ0v) is 10.5. The molecule has 1 unspecified atom stereocenters. The van der Waals surface area contributed by atoms with Crippen LogP contribution in [0, 0.1) is 0 Å². The van der Waals surface area contributed by atoms with E-state index in [2.05, 4.69) is 10.6 Å². The minimum absolute atomic E-state index is 0.00766. The average molecular weight is 229 g/mol. The highest BCUT2D eigenvalue weighted by atomic mass is 16.5. The number of nitrogens with one attached hydrogen (secondary N) is 2. The molecule has 94 valence electrons. The third-order valence-corrected chi connectivity index (χ3v) is 2.57. The van der Waals surface area contributed by atoms with Crippen molar-refractivity contribution in [3.63, 3.8) is 0 Å². The van der Waals surface area contributed by atoms with Crippen LogP contribution in [-0.2, 0) is 4.74 Å². The summed E-state index contributed by atoms with van der Waals surface area (Å²) in [6, 6.07) is 0.556. The maximum atomic E-state index is 11.6. The molecule has 1 heterocycles. The van der Waals surface area contributed by atoms with Crippen LogP contribution in [0.2, 0.25) is 0 Å². The van der Waals surface area contributed by atoms with E-state index < -0.39 is 0 Å². The third-order valence-electron chi connectivity index (χ3n) is 2.57. The zero-order chi connectivity index (χ0) is 12.0. The maximum Gasteiger partial charge on any atom is 0.317 e. The van der Waals surface area contributed by atoms with E-state index in [1.165, 1.54) is 0 Å². The molecule has 1 atom stereocenters. The summed E-state index contributed by atoms with van der Waals surface area (Å²) in [5.74, 6) is 0. The van der Waals surface area contributed by atoms with Crippen LogP contribution >= 0.6 is 0 Å². The summed E-state index contributed by atoms with van der Waals surface area (Å²) in [6.45, 7) is 7.12. The monoisotopic (exact) mass is 229 g/mol. The van der Waals surface area contributed by atoms with Crippen LogP contribution in [0.3, 0.4) is 0 Å². The lowest BCUT2D eigenvalue weighted by Crippen LogP contribution is -2.45. The lowest BCUT2D eigenvalue weighted by Gasteiger charge is -2.26. The lowest BCUT2D eigenvalue weighted by atomic mass is 10.2. The highest BCUT2D eigenvalue weighted by molar-refractivity contribution is 5.74. The van der Waals surface area contributed by atoms with Crippen molar-refractivity contribution in [3.8, 4) is 0 Å². The summed E-state index contributed by atoms with van der Waals surface area (Å²) in [5, 5.41) is 6.24. The quantitative estimate of drug-likeness (QED) is 0.734. The number of morpholine rings is 1. The first-order chi connectivity index (χ1) is 7.59. The highest BCUT2D eigenvalue weighted by Gasteiger charge is 2.15. The van der Waals surface area contributed by atoms with E-state index in [0.717, 1.165) is 32.7 Å². The SMILES string of the molecule is CC(C)NC(=O)N(C)CCC1COCCN1. The molecule has 1 saturated heterocycles. The molecule has 0 radical (unpaired) electrons. The van der Waals surface area contributed by atoms with Gasteiger partial charge >= 0.3 is 6.03 Å². The molecular formula is C11H23N3O2. The smallest absolute Gasteiger partial charge is 0.317 e. The van der Waals surface area contributed by atoms with Crippen LogP contribution in [0.5, 0.6) is 0 Å². The summed E-state index contributed by atoms with van der Waals surface area (Å²) in [7, 11) is 1.82. The van der Waals surface area contributed by atoms with Crippen molar-refractivity contribution in [2.45, 2.75) is 32.4 Å². The molecule has 1 aliphatic heterocycles. The Bertz CT molecular complexity index is 215. The van der Waals surface area contributed by atoms with Crippen LogP contribution in [-0.4, -0.2) is 56.4 Å². The van der Waals surface area contributed by atoms with Crippen LogP contribution in [0.4, 0.5) is 4.79 Å². The molecule has 1 rings (SSSR count).